The van der Waals surface area contributed by atoms with Crippen molar-refractivity contribution >= 4 is 26.8 Å². The van der Waals surface area contributed by atoms with Crippen LogP contribution in [-0.2, 0) is 21.4 Å². The number of fused-ring (bicyclic) bond motifs is 1. The third-order valence-corrected chi connectivity index (χ3v) is 6.88. The number of pyridine rings is 1. The van der Waals surface area contributed by atoms with E-state index in [1.165, 1.54) is 21.0 Å². The highest BCUT2D eigenvalue weighted by Crippen LogP contribution is 2.24. The molecule has 7 nitrogen and oxygen atoms in total. The van der Waals surface area contributed by atoms with Crippen LogP contribution in [0.15, 0.2) is 40.0 Å². The Hall–Kier alpha value is -2.19. The molecule has 8 heteroatoms. The second-order valence-electron chi connectivity index (χ2n) is 6.97. The van der Waals surface area contributed by atoms with Crippen LogP contribution in [0.4, 0.5) is 0 Å². The minimum atomic E-state index is -3.53. The molecule has 27 heavy (non-hydrogen) atoms. The topological polar surface area (TPSA) is 88.5 Å². The molecule has 146 valence electrons. The maximum absolute atomic E-state index is 12.8. The molecule has 1 unspecified atom stereocenters. The standard InChI is InChI=1S/C19H25N3O4S/c1-3-14(2)20-18(23)13-22-17-8-7-16(12-15(17)6-9-19(22)24)27(25,26)21-10-4-5-11-21/h6-9,12,14H,3-5,10-11,13H2,1-2H3,(H,20,23). The maximum Gasteiger partial charge on any atom is 0.251 e. The monoisotopic (exact) mass is 391 g/mol. The van der Waals surface area contributed by atoms with Gasteiger partial charge in [0, 0.05) is 25.2 Å². The van der Waals surface area contributed by atoms with Gasteiger partial charge in [-0.25, -0.2) is 8.42 Å². The lowest BCUT2D eigenvalue weighted by Crippen LogP contribution is -2.37. The first-order valence-electron chi connectivity index (χ1n) is 9.26. The first-order chi connectivity index (χ1) is 12.8. The number of rotatable bonds is 6. The van der Waals surface area contributed by atoms with E-state index in [1.807, 2.05) is 13.8 Å². The van der Waals surface area contributed by atoms with Crippen molar-refractivity contribution < 1.29 is 13.2 Å². The van der Waals surface area contributed by atoms with Crippen molar-refractivity contribution in [3.63, 3.8) is 0 Å². The lowest BCUT2D eigenvalue weighted by molar-refractivity contribution is -0.122. The maximum atomic E-state index is 12.8. The quantitative estimate of drug-likeness (QED) is 0.812. The van der Waals surface area contributed by atoms with E-state index in [1.54, 1.807) is 18.2 Å². The average molecular weight is 391 g/mol. The van der Waals surface area contributed by atoms with Crippen LogP contribution < -0.4 is 10.9 Å². The van der Waals surface area contributed by atoms with Crippen molar-refractivity contribution in [1.29, 1.82) is 0 Å². The summed E-state index contributed by atoms with van der Waals surface area (Å²) in [4.78, 5) is 24.7. The number of hydrogen-bond donors (Lipinski definition) is 1. The van der Waals surface area contributed by atoms with Crippen molar-refractivity contribution in [2.75, 3.05) is 13.1 Å². The summed E-state index contributed by atoms with van der Waals surface area (Å²) in [5.41, 5.74) is 0.249. The van der Waals surface area contributed by atoms with Gasteiger partial charge >= 0.3 is 0 Å². The van der Waals surface area contributed by atoms with Crippen LogP contribution in [0.5, 0.6) is 0 Å². The second-order valence-corrected chi connectivity index (χ2v) is 8.90. The number of nitrogens with one attached hydrogen (secondary N) is 1. The second kappa shape index (κ2) is 7.82. The summed E-state index contributed by atoms with van der Waals surface area (Å²) in [6.07, 6.45) is 2.54. The summed E-state index contributed by atoms with van der Waals surface area (Å²) in [5, 5.41) is 3.46. The number of carbonyl (C=O) groups excluding carboxylic acids is 1. The number of amides is 1. The highest BCUT2D eigenvalue weighted by atomic mass is 32.2. The van der Waals surface area contributed by atoms with Crippen LogP contribution in [0.25, 0.3) is 10.9 Å². The molecule has 1 aromatic carbocycles. The van der Waals surface area contributed by atoms with E-state index in [-0.39, 0.29) is 28.9 Å². The van der Waals surface area contributed by atoms with Crippen LogP contribution >= 0.6 is 0 Å². The van der Waals surface area contributed by atoms with Crippen molar-refractivity contribution in [2.24, 2.45) is 0 Å². The summed E-state index contributed by atoms with van der Waals surface area (Å²) in [5.74, 6) is -0.243. The minimum Gasteiger partial charge on any atom is -0.352 e. The SMILES string of the molecule is CCC(C)NC(=O)Cn1c(=O)ccc2cc(S(=O)(=O)N3CCCC3)ccc21. The molecule has 1 saturated heterocycles. The van der Waals surface area contributed by atoms with E-state index in [2.05, 4.69) is 5.32 Å². The van der Waals surface area contributed by atoms with Crippen molar-refractivity contribution in [2.45, 2.75) is 50.6 Å². The average Bonchev–Trinajstić information content (AvgIpc) is 3.19. The van der Waals surface area contributed by atoms with Crippen LogP contribution in [0.3, 0.4) is 0 Å². The predicted octanol–water partition coefficient (Wildman–Crippen LogP) is 1.70. The molecule has 1 aromatic heterocycles. The summed E-state index contributed by atoms with van der Waals surface area (Å²) >= 11 is 0. The summed E-state index contributed by atoms with van der Waals surface area (Å²) in [6.45, 7) is 4.85. The molecule has 1 atom stereocenters. The van der Waals surface area contributed by atoms with E-state index in [9.17, 15) is 18.0 Å². The molecular weight excluding hydrogens is 366 g/mol. The summed E-state index contributed by atoms with van der Waals surface area (Å²) in [6, 6.07) is 7.69. The number of benzene rings is 1. The fourth-order valence-electron chi connectivity index (χ4n) is 3.25. The molecule has 0 bridgehead atoms. The fraction of sp³-hybridized carbons (Fsp3) is 0.474. The summed E-state index contributed by atoms with van der Waals surface area (Å²) in [7, 11) is -3.53. The molecule has 0 saturated carbocycles. The van der Waals surface area contributed by atoms with Gasteiger partial charge in [-0.2, -0.15) is 4.31 Å². The van der Waals surface area contributed by atoms with Gasteiger partial charge in [0.2, 0.25) is 15.9 Å². The summed E-state index contributed by atoms with van der Waals surface area (Å²) < 4.78 is 28.4. The molecule has 2 aromatic rings. The zero-order valence-electron chi connectivity index (χ0n) is 15.6. The molecule has 1 aliphatic heterocycles. The van der Waals surface area contributed by atoms with Crippen LogP contribution in [0.2, 0.25) is 0 Å². The molecule has 1 amide bonds. The molecule has 1 aliphatic rings. The van der Waals surface area contributed by atoms with Gasteiger partial charge < -0.3 is 5.32 Å². The Morgan fingerprint density at radius 1 is 1.19 bits per heavy atom. The number of sulfonamides is 1. The van der Waals surface area contributed by atoms with Crippen molar-refractivity contribution in [1.82, 2.24) is 14.2 Å². The van der Waals surface area contributed by atoms with E-state index < -0.39 is 10.0 Å². The Labute approximate surface area is 159 Å². The zero-order chi connectivity index (χ0) is 19.6. The van der Waals surface area contributed by atoms with Gasteiger partial charge in [0.15, 0.2) is 0 Å². The van der Waals surface area contributed by atoms with Crippen LogP contribution in [0, 0.1) is 0 Å². The zero-order valence-corrected chi connectivity index (χ0v) is 16.5. The Bertz CT molecular complexity index is 1010. The molecular formula is C19H25N3O4S. The largest absolute Gasteiger partial charge is 0.352 e. The van der Waals surface area contributed by atoms with E-state index >= 15 is 0 Å². The van der Waals surface area contributed by atoms with Gasteiger partial charge in [0.1, 0.15) is 6.54 Å². The van der Waals surface area contributed by atoms with Gasteiger partial charge in [-0.05, 0) is 55.8 Å². The van der Waals surface area contributed by atoms with Crippen LogP contribution in [0.1, 0.15) is 33.1 Å². The Kier molecular flexibility index (Phi) is 5.67. The number of aromatic nitrogens is 1. The van der Waals surface area contributed by atoms with Crippen molar-refractivity contribution in [3.8, 4) is 0 Å². The lowest BCUT2D eigenvalue weighted by atomic mass is 10.2. The highest BCUT2D eigenvalue weighted by molar-refractivity contribution is 7.89. The Balaban J connectivity index is 1.96. The molecule has 0 radical (unpaired) electrons. The van der Waals surface area contributed by atoms with Crippen molar-refractivity contribution in [3.05, 3.63) is 40.7 Å². The Morgan fingerprint density at radius 2 is 1.89 bits per heavy atom. The first kappa shape index (κ1) is 19.6. The van der Waals surface area contributed by atoms with Gasteiger partial charge in [-0.1, -0.05) is 6.92 Å². The number of nitrogens with zero attached hydrogens (tertiary/aromatic N) is 2. The smallest absolute Gasteiger partial charge is 0.251 e. The normalized spacial score (nSPS) is 16.5. The van der Waals surface area contributed by atoms with E-state index in [0.29, 0.717) is 24.0 Å². The van der Waals surface area contributed by atoms with Gasteiger partial charge in [0.25, 0.3) is 5.56 Å². The first-order valence-corrected chi connectivity index (χ1v) is 10.7. The van der Waals surface area contributed by atoms with Gasteiger partial charge in [-0.15, -0.1) is 0 Å². The van der Waals surface area contributed by atoms with E-state index in [0.717, 1.165) is 19.3 Å². The minimum absolute atomic E-state index is 0.0281. The third kappa shape index (κ3) is 4.06. The van der Waals surface area contributed by atoms with Gasteiger partial charge in [0.05, 0.1) is 10.4 Å². The number of carbonyl (C=O) groups is 1. The lowest BCUT2D eigenvalue weighted by Gasteiger charge is -2.17. The molecule has 0 aliphatic carbocycles. The highest BCUT2D eigenvalue weighted by Gasteiger charge is 2.27. The molecule has 3 rings (SSSR count). The molecule has 1 fully saturated rings. The van der Waals surface area contributed by atoms with Gasteiger partial charge in [-0.3, -0.25) is 14.2 Å². The number of hydrogen-bond acceptors (Lipinski definition) is 4. The molecule has 1 N–H and O–H groups in total. The van der Waals surface area contributed by atoms with E-state index in [4.69, 9.17) is 0 Å². The Morgan fingerprint density at radius 3 is 2.56 bits per heavy atom. The van der Waals surface area contributed by atoms with Crippen LogP contribution in [-0.4, -0.2) is 42.3 Å². The molecule has 2 heterocycles. The molecule has 0 spiro atoms. The third-order valence-electron chi connectivity index (χ3n) is 4.99. The fourth-order valence-corrected chi connectivity index (χ4v) is 4.80. The predicted molar refractivity (Wildman–Crippen MR) is 104 cm³/mol.